The minimum Gasteiger partial charge on any atom is -0.345 e. The number of aromatic amines is 1. The summed E-state index contributed by atoms with van der Waals surface area (Å²) in [6.45, 7) is 0. The van der Waals surface area contributed by atoms with Crippen LogP contribution in [-0.2, 0) is 4.79 Å². The molecule has 0 fully saturated rings. The molecule has 2 heterocycles. The molecule has 0 bridgehead atoms. The predicted octanol–water partition coefficient (Wildman–Crippen LogP) is 2.97. The number of hydrogen-bond donors (Lipinski definition) is 2. The number of carbonyl (C=O) groups excluding carboxylic acids is 2. The number of thioether (sulfide) groups is 1. The second-order valence-electron chi connectivity index (χ2n) is 5.56. The Hall–Kier alpha value is -2.65. The van der Waals surface area contributed by atoms with Crippen molar-refractivity contribution in [2.45, 2.75) is 5.16 Å². The average Bonchev–Trinajstić information content (AvgIpc) is 3.31. The SMILES string of the molecule is CN(C)C(=O)c1ccc(NC(=O)CSc2n[nH]c(-c3cccs3)n2)cc1. The van der Waals surface area contributed by atoms with E-state index in [2.05, 4.69) is 20.5 Å². The van der Waals surface area contributed by atoms with Crippen molar-refractivity contribution in [3.05, 3.63) is 47.3 Å². The lowest BCUT2D eigenvalue weighted by molar-refractivity contribution is -0.113. The van der Waals surface area contributed by atoms with Gasteiger partial charge in [0.15, 0.2) is 5.82 Å². The number of anilines is 1. The van der Waals surface area contributed by atoms with Crippen LogP contribution in [0, 0.1) is 0 Å². The maximum Gasteiger partial charge on any atom is 0.253 e. The molecule has 1 aromatic carbocycles. The van der Waals surface area contributed by atoms with Crippen molar-refractivity contribution >= 4 is 40.6 Å². The molecule has 3 aromatic rings. The van der Waals surface area contributed by atoms with Crippen molar-refractivity contribution in [2.24, 2.45) is 0 Å². The molecule has 0 aliphatic rings. The van der Waals surface area contributed by atoms with E-state index in [1.165, 1.54) is 16.7 Å². The molecule has 2 amide bonds. The van der Waals surface area contributed by atoms with Gasteiger partial charge in [0.05, 0.1) is 10.6 Å². The van der Waals surface area contributed by atoms with Crippen LogP contribution in [0.15, 0.2) is 46.9 Å². The Balaban J connectivity index is 1.52. The van der Waals surface area contributed by atoms with E-state index in [0.29, 0.717) is 22.2 Å². The number of amides is 2. The normalized spacial score (nSPS) is 10.5. The summed E-state index contributed by atoms with van der Waals surface area (Å²) >= 11 is 2.83. The molecular weight excluding hydrogens is 370 g/mol. The molecule has 7 nitrogen and oxygen atoms in total. The summed E-state index contributed by atoms with van der Waals surface area (Å²) in [5, 5.41) is 12.3. The number of H-pyrrole nitrogens is 1. The van der Waals surface area contributed by atoms with Crippen LogP contribution in [-0.4, -0.2) is 51.7 Å². The molecule has 2 aromatic heterocycles. The molecule has 0 aliphatic carbocycles. The summed E-state index contributed by atoms with van der Waals surface area (Å²) in [5.41, 5.74) is 1.21. The van der Waals surface area contributed by atoms with E-state index in [1.807, 2.05) is 17.5 Å². The van der Waals surface area contributed by atoms with Gasteiger partial charge in [0.2, 0.25) is 11.1 Å². The van der Waals surface area contributed by atoms with E-state index in [9.17, 15) is 9.59 Å². The Kier molecular flexibility index (Phi) is 5.69. The summed E-state index contributed by atoms with van der Waals surface area (Å²) in [7, 11) is 3.39. The number of aromatic nitrogens is 3. The summed E-state index contributed by atoms with van der Waals surface area (Å²) in [6.07, 6.45) is 0. The maximum atomic E-state index is 12.1. The van der Waals surface area contributed by atoms with Gasteiger partial charge in [0, 0.05) is 25.3 Å². The molecule has 0 saturated heterocycles. The molecule has 0 radical (unpaired) electrons. The number of thiophene rings is 1. The highest BCUT2D eigenvalue weighted by molar-refractivity contribution is 7.99. The second kappa shape index (κ2) is 8.15. The first-order valence-corrected chi connectivity index (χ1v) is 9.60. The van der Waals surface area contributed by atoms with Gasteiger partial charge in [-0.3, -0.25) is 14.7 Å². The molecular formula is C17H17N5O2S2. The zero-order chi connectivity index (χ0) is 18.5. The molecule has 26 heavy (non-hydrogen) atoms. The highest BCUT2D eigenvalue weighted by Crippen LogP contribution is 2.23. The van der Waals surface area contributed by atoms with Crippen molar-refractivity contribution in [1.29, 1.82) is 0 Å². The number of carbonyl (C=O) groups is 2. The van der Waals surface area contributed by atoms with Crippen LogP contribution in [0.5, 0.6) is 0 Å². The Morgan fingerprint density at radius 3 is 2.65 bits per heavy atom. The first kappa shape index (κ1) is 18.2. The summed E-state index contributed by atoms with van der Waals surface area (Å²) in [6, 6.07) is 10.7. The van der Waals surface area contributed by atoms with E-state index in [-0.39, 0.29) is 17.6 Å². The first-order valence-electron chi connectivity index (χ1n) is 7.73. The van der Waals surface area contributed by atoms with Crippen molar-refractivity contribution < 1.29 is 9.59 Å². The Morgan fingerprint density at radius 1 is 1.23 bits per heavy atom. The minimum atomic E-state index is -0.163. The largest absolute Gasteiger partial charge is 0.345 e. The fourth-order valence-electron chi connectivity index (χ4n) is 2.12. The topological polar surface area (TPSA) is 91.0 Å². The molecule has 0 atom stereocenters. The van der Waals surface area contributed by atoms with Gasteiger partial charge in [-0.25, -0.2) is 4.98 Å². The zero-order valence-corrected chi connectivity index (χ0v) is 15.9. The van der Waals surface area contributed by atoms with Crippen LogP contribution in [0.1, 0.15) is 10.4 Å². The quantitative estimate of drug-likeness (QED) is 0.635. The lowest BCUT2D eigenvalue weighted by Gasteiger charge is -2.10. The smallest absolute Gasteiger partial charge is 0.253 e. The van der Waals surface area contributed by atoms with Crippen LogP contribution in [0.4, 0.5) is 5.69 Å². The molecule has 9 heteroatoms. The van der Waals surface area contributed by atoms with Crippen LogP contribution in [0.3, 0.4) is 0 Å². The minimum absolute atomic E-state index is 0.0791. The second-order valence-corrected chi connectivity index (χ2v) is 7.45. The molecule has 0 spiro atoms. The van der Waals surface area contributed by atoms with E-state index in [4.69, 9.17) is 0 Å². The lowest BCUT2D eigenvalue weighted by Crippen LogP contribution is -2.21. The Bertz CT molecular complexity index is 888. The Labute approximate surface area is 158 Å². The molecule has 134 valence electrons. The van der Waals surface area contributed by atoms with Crippen molar-refractivity contribution in [3.63, 3.8) is 0 Å². The summed E-state index contributed by atoms with van der Waals surface area (Å²) in [5.74, 6) is 0.651. The van der Waals surface area contributed by atoms with Gasteiger partial charge in [-0.2, -0.15) is 0 Å². The van der Waals surface area contributed by atoms with E-state index < -0.39 is 0 Å². The number of benzene rings is 1. The maximum absolute atomic E-state index is 12.1. The van der Waals surface area contributed by atoms with Crippen LogP contribution < -0.4 is 5.32 Å². The van der Waals surface area contributed by atoms with Crippen LogP contribution in [0.25, 0.3) is 10.7 Å². The van der Waals surface area contributed by atoms with Gasteiger partial charge in [-0.15, -0.1) is 16.4 Å². The predicted molar refractivity (Wildman–Crippen MR) is 104 cm³/mol. The van der Waals surface area contributed by atoms with E-state index >= 15 is 0 Å². The monoisotopic (exact) mass is 387 g/mol. The van der Waals surface area contributed by atoms with Crippen molar-refractivity contribution in [1.82, 2.24) is 20.1 Å². The third kappa shape index (κ3) is 4.50. The first-order chi connectivity index (χ1) is 12.5. The Morgan fingerprint density at radius 2 is 2.00 bits per heavy atom. The third-order valence-corrected chi connectivity index (χ3v) is 5.10. The molecule has 0 aliphatic heterocycles. The van der Waals surface area contributed by atoms with Gasteiger partial charge in [0.25, 0.3) is 5.91 Å². The standard InChI is InChI=1S/C17H17N5O2S2/c1-22(2)16(24)11-5-7-12(8-6-11)18-14(23)10-26-17-19-15(20-21-17)13-4-3-9-25-13/h3-9H,10H2,1-2H3,(H,18,23)(H,19,20,21). The summed E-state index contributed by atoms with van der Waals surface area (Å²) in [4.78, 5) is 30.8. The number of nitrogens with zero attached hydrogens (tertiary/aromatic N) is 3. The number of rotatable bonds is 6. The van der Waals surface area contributed by atoms with Crippen molar-refractivity contribution in [3.8, 4) is 10.7 Å². The molecule has 3 rings (SSSR count). The molecule has 0 unspecified atom stereocenters. The van der Waals surface area contributed by atoms with E-state index in [0.717, 1.165) is 4.88 Å². The fraction of sp³-hybridized carbons (Fsp3) is 0.176. The molecule has 0 saturated carbocycles. The van der Waals surface area contributed by atoms with Crippen molar-refractivity contribution in [2.75, 3.05) is 25.2 Å². The van der Waals surface area contributed by atoms with Gasteiger partial charge in [0.1, 0.15) is 0 Å². The summed E-state index contributed by atoms with van der Waals surface area (Å²) < 4.78 is 0. The highest BCUT2D eigenvalue weighted by atomic mass is 32.2. The molecule has 2 N–H and O–H groups in total. The van der Waals surface area contributed by atoms with E-state index in [1.54, 1.807) is 49.7 Å². The average molecular weight is 387 g/mol. The van der Waals surface area contributed by atoms with Crippen LogP contribution >= 0.6 is 23.1 Å². The third-order valence-electron chi connectivity index (χ3n) is 3.37. The van der Waals surface area contributed by atoms with Gasteiger partial charge < -0.3 is 10.2 Å². The number of nitrogens with one attached hydrogen (secondary N) is 2. The number of hydrogen-bond acceptors (Lipinski definition) is 6. The van der Waals surface area contributed by atoms with Crippen LogP contribution in [0.2, 0.25) is 0 Å². The van der Waals surface area contributed by atoms with Gasteiger partial charge in [-0.05, 0) is 35.7 Å². The van der Waals surface area contributed by atoms with Gasteiger partial charge in [-0.1, -0.05) is 17.8 Å². The fourth-order valence-corrected chi connectivity index (χ4v) is 3.38. The zero-order valence-electron chi connectivity index (χ0n) is 14.2. The highest BCUT2D eigenvalue weighted by Gasteiger charge is 2.11. The lowest BCUT2D eigenvalue weighted by atomic mass is 10.2. The van der Waals surface area contributed by atoms with Gasteiger partial charge >= 0.3 is 0 Å².